The van der Waals surface area contributed by atoms with Crippen LogP contribution in [0.15, 0.2) is 29.2 Å². The molecule has 0 atom stereocenters. The Labute approximate surface area is 112 Å². The van der Waals surface area contributed by atoms with E-state index in [-0.39, 0.29) is 11.5 Å². The lowest BCUT2D eigenvalue weighted by atomic mass is 10.2. The molecule has 1 fully saturated rings. The van der Waals surface area contributed by atoms with Crippen LogP contribution in [0.2, 0.25) is 0 Å². The normalized spacial score (nSPS) is 18.5. The largest absolute Gasteiger partial charge is 0.392 e. The molecular formula is C12H17NO3S2. The van der Waals surface area contributed by atoms with E-state index in [1.807, 2.05) is 0 Å². The van der Waals surface area contributed by atoms with Crippen molar-refractivity contribution in [3.8, 4) is 0 Å². The molecule has 1 aliphatic heterocycles. The first-order valence-electron chi connectivity index (χ1n) is 5.93. The van der Waals surface area contributed by atoms with E-state index in [1.54, 1.807) is 36.0 Å². The maximum Gasteiger partial charge on any atom is 0.243 e. The van der Waals surface area contributed by atoms with Gasteiger partial charge in [0.15, 0.2) is 0 Å². The fraction of sp³-hybridized carbons (Fsp3) is 0.500. The van der Waals surface area contributed by atoms with Gasteiger partial charge in [-0.1, -0.05) is 18.2 Å². The summed E-state index contributed by atoms with van der Waals surface area (Å²) in [5.74, 6) is 1.84. The van der Waals surface area contributed by atoms with Crippen molar-refractivity contribution < 1.29 is 13.5 Å². The number of hydrogen-bond acceptors (Lipinski definition) is 4. The number of aliphatic hydroxyl groups is 1. The van der Waals surface area contributed by atoms with Gasteiger partial charge in [-0.25, -0.2) is 8.42 Å². The minimum absolute atomic E-state index is 0.236. The van der Waals surface area contributed by atoms with Gasteiger partial charge in [-0.05, 0) is 23.8 Å². The maximum absolute atomic E-state index is 12.5. The topological polar surface area (TPSA) is 57.6 Å². The second-order valence-electron chi connectivity index (χ2n) is 4.14. The molecule has 0 bridgehead atoms. The molecule has 1 heterocycles. The molecular weight excluding hydrogens is 270 g/mol. The fourth-order valence-corrected chi connectivity index (χ4v) is 4.68. The van der Waals surface area contributed by atoms with Crippen LogP contribution in [0.1, 0.15) is 12.0 Å². The van der Waals surface area contributed by atoms with E-state index in [4.69, 9.17) is 0 Å². The second-order valence-corrected chi connectivity index (χ2v) is 7.27. The van der Waals surface area contributed by atoms with E-state index in [0.29, 0.717) is 18.7 Å². The third-order valence-corrected chi connectivity index (χ3v) is 5.99. The Morgan fingerprint density at radius 1 is 1.22 bits per heavy atom. The Bertz CT molecular complexity index is 494. The van der Waals surface area contributed by atoms with E-state index in [1.165, 1.54) is 4.31 Å². The average molecular weight is 287 g/mol. The van der Waals surface area contributed by atoms with Crippen LogP contribution < -0.4 is 0 Å². The summed E-state index contributed by atoms with van der Waals surface area (Å²) in [5, 5.41) is 9.25. The van der Waals surface area contributed by atoms with Crippen molar-refractivity contribution in [1.29, 1.82) is 0 Å². The van der Waals surface area contributed by atoms with Gasteiger partial charge in [0.1, 0.15) is 0 Å². The van der Waals surface area contributed by atoms with Crippen LogP contribution in [0, 0.1) is 0 Å². The molecule has 18 heavy (non-hydrogen) atoms. The van der Waals surface area contributed by atoms with Crippen molar-refractivity contribution in [2.75, 3.05) is 24.6 Å². The molecule has 1 aromatic carbocycles. The van der Waals surface area contributed by atoms with Gasteiger partial charge in [0.2, 0.25) is 10.0 Å². The molecule has 0 spiro atoms. The molecule has 0 saturated carbocycles. The number of hydrogen-bond donors (Lipinski definition) is 1. The van der Waals surface area contributed by atoms with Gasteiger partial charge in [-0.3, -0.25) is 0 Å². The molecule has 0 radical (unpaired) electrons. The van der Waals surface area contributed by atoms with Crippen molar-refractivity contribution in [3.63, 3.8) is 0 Å². The highest BCUT2D eigenvalue weighted by atomic mass is 32.2. The Kier molecular flexibility index (Phi) is 4.66. The van der Waals surface area contributed by atoms with Crippen LogP contribution in [-0.4, -0.2) is 42.4 Å². The summed E-state index contributed by atoms with van der Waals surface area (Å²) in [5.41, 5.74) is 0.467. The van der Waals surface area contributed by atoms with Crippen molar-refractivity contribution in [1.82, 2.24) is 4.31 Å². The number of aliphatic hydroxyl groups excluding tert-OH is 1. The Morgan fingerprint density at radius 3 is 2.78 bits per heavy atom. The average Bonchev–Trinajstić information content (AvgIpc) is 2.68. The number of benzene rings is 1. The molecule has 1 N–H and O–H groups in total. The Balaban J connectivity index is 2.34. The van der Waals surface area contributed by atoms with Gasteiger partial charge in [-0.15, -0.1) is 0 Å². The standard InChI is InChI=1S/C12H17NO3S2/c14-10-11-4-1-2-5-12(11)18(15,16)13-6-3-8-17-9-7-13/h1-2,4-5,14H,3,6-10H2. The lowest BCUT2D eigenvalue weighted by Crippen LogP contribution is -2.33. The smallest absolute Gasteiger partial charge is 0.243 e. The van der Waals surface area contributed by atoms with Crippen LogP contribution in [0.4, 0.5) is 0 Å². The van der Waals surface area contributed by atoms with Crippen LogP contribution >= 0.6 is 11.8 Å². The summed E-state index contributed by atoms with van der Waals surface area (Å²) in [4.78, 5) is 0.236. The molecule has 1 aromatic rings. The summed E-state index contributed by atoms with van der Waals surface area (Å²) >= 11 is 1.79. The van der Waals surface area contributed by atoms with Gasteiger partial charge in [0.05, 0.1) is 11.5 Å². The summed E-state index contributed by atoms with van der Waals surface area (Å²) in [6.07, 6.45) is 0.880. The number of nitrogens with zero attached hydrogens (tertiary/aromatic N) is 1. The van der Waals surface area contributed by atoms with Crippen LogP contribution in [0.3, 0.4) is 0 Å². The number of thioether (sulfide) groups is 1. The van der Waals surface area contributed by atoms with Crippen LogP contribution in [-0.2, 0) is 16.6 Å². The van der Waals surface area contributed by atoms with Gasteiger partial charge < -0.3 is 5.11 Å². The lowest BCUT2D eigenvalue weighted by molar-refractivity contribution is 0.278. The third-order valence-electron chi connectivity index (χ3n) is 2.94. The second kappa shape index (κ2) is 6.06. The van der Waals surface area contributed by atoms with E-state index in [0.717, 1.165) is 17.9 Å². The van der Waals surface area contributed by atoms with Crippen molar-refractivity contribution in [2.24, 2.45) is 0 Å². The molecule has 0 aromatic heterocycles. The third kappa shape index (κ3) is 2.88. The SMILES string of the molecule is O=S(=O)(c1ccccc1CO)N1CCCSCC1. The molecule has 0 amide bonds. The van der Waals surface area contributed by atoms with Gasteiger partial charge >= 0.3 is 0 Å². The fourth-order valence-electron chi connectivity index (χ4n) is 1.99. The van der Waals surface area contributed by atoms with Gasteiger partial charge in [0.25, 0.3) is 0 Å². The predicted octanol–water partition coefficient (Wildman–Crippen LogP) is 1.31. The summed E-state index contributed by atoms with van der Waals surface area (Å²) in [7, 11) is -3.47. The monoisotopic (exact) mass is 287 g/mol. The molecule has 0 aliphatic carbocycles. The zero-order valence-corrected chi connectivity index (χ0v) is 11.7. The van der Waals surface area contributed by atoms with Crippen molar-refractivity contribution >= 4 is 21.8 Å². The molecule has 2 rings (SSSR count). The van der Waals surface area contributed by atoms with Crippen molar-refractivity contribution in [2.45, 2.75) is 17.9 Å². The van der Waals surface area contributed by atoms with E-state index in [9.17, 15) is 13.5 Å². The Morgan fingerprint density at radius 2 is 2.00 bits per heavy atom. The summed E-state index contributed by atoms with van der Waals surface area (Å²) in [6.45, 7) is 0.861. The zero-order chi connectivity index (χ0) is 13.0. The highest BCUT2D eigenvalue weighted by Crippen LogP contribution is 2.22. The summed E-state index contributed by atoms with van der Waals surface area (Å²) in [6, 6.07) is 6.65. The highest BCUT2D eigenvalue weighted by Gasteiger charge is 2.26. The van der Waals surface area contributed by atoms with Crippen LogP contribution in [0.5, 0.6) is 0 Å². The minimum Gasteiger partial charge on any atom is -0.392 e. The molecule has 1 saturated heterocycles. The van der Waals surface area contributed by atoms with Gasteiger partial charge in [0, 0.05) is 18.8 Å². The molecule has 4 nitrogen and oxygen atoms in total. The lowest BCUT2D eigenvalue weighted by Gasteiger charge is -2.21. The van der Waals surface area contributed by atoms with Gasteiger partial charge in [-0.2, -0.15) is 16.1 Å². The van der Waals surface area contributed by atoms with E-state index >= 15 is 0 Å². The summed E-state index contributed by atoms with van der Waals surface area (Å²) < 4.78 is 26.6. The predicted molar refractivity (Wildman–Crippen MR) is 73.1 cm³/mol. The first-order valence-corrected chi connectivity index (χ1v) is 8.52. The first-order chi connectivity index (χ1) is 8.66. The number of rotatable bonds is 3. The van der Waals surface area contributed by atoms with E-state index in [2.05, 4.69) is 0 Å². The number of sulfonamides is 1. The molecule has 0 unspecified atom stereocenters. The minimum atomic E-state index is -3.47. The molecule has 1 aliphatic rings. The zero-order valence-electron chi connectivity index (χ0n) is 10.1. The maximum atomic E-state index is 12.5. The van der Waals surface area contributed by atoms with Crippen molar-refractivity contribution in [3.05, 3.63) is 29.8 Å². The Hall–Kier alpha value is -0.560. The molecule has 100 valence electrons. The van der Waals surface area contributed by atoms with E-state index < -0.39 is 10.0 Å². The van der Waals surface area contributed by atoms with Crippen LogP contribution in [0.25, 0.3) is 0 Å². The quantitative estimate of drug-likeness (QED) is 0.910. The highest BCUT2D eigenvalue weighted by molar-refractivity contribution is 7.99. The first kappa shape index (κ1) is 13.9. The molecule has 6 heteroatoms.